The van der Waals surface area contributed by atoms with E-state index in [4.69, 9.17) is 0 Å². The monoisotopic (exact) mass is 283 g/mol. The molecule has 3 rings (SSSR count). The van der Waals surface area contributed by atoms with Gasteiger partial charge in [-0.25, -0.2) is 4.68 Å². The summed E-state index contributed by atoms with van der Waals surface area (Å²) in [5.41, 5.74) is 2.53. The van der Waals surface area contributed by atoms with Gasteiger partial charge in [0.1, 0.15) is 0 Å². The van der Waals surface area contributed by atoms with Gasteiger partial charge in [-0.3, -0.25) is 0 Å². The molecule has 0 radical (unpaired) electrons. The van der Waals surface area contributed by atoms with Crippen LogP contribution in [0.4, 0.5) is 0 Å². The first kappa shape index (κ1) is 14.3. The van der Waals surface area contributed by atoms with E-state index in [0.717, 1.165) is 30.6 Å². The Bertz CT molecular complexity index is 559. The van der Waals surface area contributed by atoms with Gasteiger partial charge < -0.3 is 5.32 Å². The molecule has 2 heterocycles. The third kappa shape index (κ3) is 3.35. The van der Waals surface area contributed by atoms with Crippen LogP contribution in [0.5, 0.6) is 0 Å². The van der Waals surface area contributed by atoms with Crippen LogP contribution in [0.25, 0.3) is 5.69 Å². The van der Waals surface area contributed by atoms with Gasteiger partial charge in [0.05, 0.1) is 11.9 Å². The lowest BCUT2D eigenvalue weighted by Gasteiger charge is -2.32. The van der Waals surface area contributed by atoms with Crippen LogP contribution in [0, 0.1) is 11.8 Å². The summed E-state index contributed by atoms with van der Waals surface area (Å²) in [6, 6.07) is 10.4. The first-order valence-electron chi connectivity index (χ1n) is 8.04. The highest BCUT2D eigenvalue weighted by Crippen LogP contribution is 2.34. The summed E-state index contributed by atoms with van der Waals surface area (Å²) in [7, 11) is 0. The third-order valence-corrected chi connectivity index (χ3v) is 4.43. The molecule has 0 aliphatic carbocycles. The largest absolute Gasteiger partial charge is 0.316 e. The molecule has 1 aliphatic rings. The summed E-state index contributed by atoms with van der Waals surface area (Å²) < 4.78 is 2.00. The number of hydrogen-bond acceptors (Lipinski definition) is 2. The van der Waals surface area contributed by atoms with Crippen LogP contribution in [0.1, 0.15) is 38.2 Å². The van der Waals surface area contributed by atoms with E-state index in [1.165, 1.54) is 18.4 Å². The molecular weight excluding hydrogens is 258 g/mol. The number of nitrogens with zero attached hydrogens (tertiary/aromatic N) is 2. The minimum atomic E-state index is 0.645. The lowest BCUT2D eigenvalue weighted by atomic mass is 9.78. The Morgan fingerprint density at radius 2 is 2.10 bits per heavy atom. The van der Waals surface area contributed by atoms with E-state index in [9.17, 15) is 0 Å². The van der Waals surface area contributed by atoms with Gasteiger partial charge in [0, 0.05) is 6.20 Å². The predicted octanol–water partition coefficient (Wildman–Crippen LogP) is 3.61. The summed E-state index contributed by atoms with van der Waals surface area (Å²) in [6.45, 7) is 6.90. The molecule has 0 saturated carbocycles. The van der Waals surface area contributed by atoms with Crippen LogP contribution in [0.3, 0.4) is 0 Å². The highest BCUT2D eigenvalue weighted by molar-refractivity contribution is 5.31. The molecule has 2 unspecified atom stereocenters. The Kier molecular flexibility index (Phi) is 4.39. The minimum Gasteiger partial charge on any atom is -0.316 e. The van der Waals surface area contributed by atoms with E-state index in [-0.39, 0.29) is 0 Å². The van der Waals surface area contributed by atoms with E-state index in [0.29, 0.717) is 5.92 Å². The molecule has 1 N–H and O–H groups in total. The summed E-state index contributed by atoms with van der Waals surface area (Å²) in [6.07, 6.45) is 6.79. The second-order valence-electron chi connectivity index (χ2n) is 6.54. The van der Waals surface area contributed by atoms with Crippen LogP contribution < -0.4 is 5.32 Å². The lowest BCUT2D eigenvalue weighted by molar-refractivity contribution is 0.280. The molecule has 112 valence electrons. The van der Waals surface area contributed by atoms with Crippen LogP contribution in [-0.4, -0.2) is 22.9 Å². The van der Waals surface area contributed by atoms with Crippen molar-refractivity contribution >= 4 is 0 Å². The molecule has 0 amide bonds. The Morgan fingerprint density at radius 3 is 2.86 bits per heavy atom. The van der Waals surface area contributed by atoms with Crippen LogP contribution in [0.15, 0.2) is 42.7 Å². The molecule has 1 aromatic carbocycles. The number of hydrogen-bond donors (Lipinski definition) is 1. The fraction of sp³-hybridized carbons (Fsp3) is 0.500. The van der Waals surface area contributed by atoms with Crippen LogP contribution in [-0.2, 0) is 0 Å². The number of aromatic nitrogens is 2. The fourth-order valence-electron chi connectivity index (χ4n) is 3.47. The normalized spacial score (nSPS) is 22.6. The average molecular weight is 283 g/mol. The van der Waals surface area contributed by atoms with Crippen molar-refractivity contribution in [3.8, 4) is 5.69 Å². The van der Waals surface area contributed by atoms with Crippen molar-refractivity contribution in [3.63, 3.8) is 0 Å². The summed E-state index contributed by atoms with van der Waals surface area (Å²) in [5.74, 6) is 2.12. The van der Waals surface area contributed by atoms with Gasteiger partial charge in [-0.1, -0.05) is 32.0 Å². The second-order valence-corrected chi connectivity index (χ2v) is 6.54. The SMILES string of the molecule is CC(C)CC1CNCCC1c1cnn(-c2ccccc2)c1. The average Bonchev–Trinajstić information content (AvgIpc) is 2.98. The van der Waals surface area contributed by atoms with Crippen molar-refractivity contribution in [3.05, 3.63) is 48.3 Å². The molecule has 1 saturated heterocycles. The van der Waals surface area contributed by atoms with E-state index < -0.39 is 0 Å². The quantitative estimate of drug-likeness (QED) is 0.929. The van der Waals surface area contributed by atoms with E-state index in [2.05, 4.69) is 60.9 Å². The lowest BCUT2D eigenvalue weighted by Crippen LogP contribution is -2.36. The topological polar surface area (TPSA) is 29.9 Å². The number of rotatable bonds is 4. The fourth-order valence-corrected chi connectivity index (χ4v) is 3.47. The highest BCUT2D eigenvalue weighted by atomic mass is 15.3. The van der Waals surface area contributed by atoms with E-state index >= 15 is 0 Å². The molecule has 1 aromatic heterocycles. The van der Waals surface area contributed by atoms with Crippen molar-refractivity contribution in [1.82, 2.24) is 15.1 Å². The van der Waals surface area contributed by atoms with Crippen molar-refractivity contribution < 1.29 is 0 Å². The Balaban J connectivity index is 1.80. The van der Waals surface area contributed by atoms with Gasteiger partial charge in [-0.15, -0.1) is 0 Å². The zero-order valence-corrected chi connectivity index (χ0v) is 13.0. The Labute approximate surface area is 127 Å². The number of benzene rings is 1. The molecule has 1 fully saturated rings. The maximum Gasteiger partial charge on any atom is 0.0645 e. The van der Waals surface area contributed by atoms with Crippen molar-refractivity contribution in [2.24, 2.45) is 11.8 Å². The highest BCUT2D eigenvalue weighted by Gasteiger charge is 2.27. The number of piperidine rings is 1. The van der Waals surface area contributed by atoms with Crippen LogP contribution >= 0.6 is 0 Å². The van der Waals surface area contributed by atoms with E-state index in [1.807, 2.05) is 10.7 Å². The molecule has 0 spiro atoms. The van der Waals surface area contributed by atoms with Gasteiger partial charge >= 0.3 is 0 Å². The molecule has 0 bridgehead atoms. The molecule has 21 heavy (non-hydrogen) atoms. The molecule has 2 atom stereocenters. The van der Waals surface area contributed by atoms with Crippen molar-refractivity contribution in [1.29, 1.82) is 0 Å². The summed E-state index contributed by atoms with van der Waals surface area (Å²) >= 11 is 0. The summed E-state index contributed by atoms with van der Waals surface area (Å²) in [5, 5.41) is 8.12. The minimum absolute atomic E-state index is 0.645. The molecule has 3 nitrogen and oxygen atoms in total. The van der Waals surface area contributed by atoms with Gasteiger partial charge in [-0.05, 0) is 61.4 Å². The molecule has 1 aliphatic heterocycles. The maximum atomic E-state index is 4.57. The van der Waals surface area contributed by atoms with Gasteiger partial charge in [0.25, 0.3) is 0 Å². The summed E-state index contributed by atoms with van der Waals surface area (Å²) in [4.78, 5) is 0. The molecule has 3 heteroatoms. The third-order valence-electron chi connectivity index (χ3n) is 4.43. The predicted molar refractivity (Wildman–Crippen MR) is 86.7 cm³/mol. The maximum absolute atomic E-state index is 4.57. The van der Waals surface area contributed by atoms with Gasteiger partial charge in [0.2, 0.25) is 0 Å². The van der Waals surface area contributed by atoms with Gasteiger partial charge in [0.15, 0.2) is 0 Å². The number of nitrogens with one attached hydrogen (secondary N) is 1. The first-order chi connectivity index (χ1) is 10.2. The van der Waals surface area contributed by atoms with Crippen molar-refractivity contribution in [2.45, 2.75) is 32.6 Å². The van der Waals surface area contributed by atoms with E-state index in [1.54, 1.807) is 0 Å². The first-order valence-corrected chi connectivity index (χ1v) is 8.04. The van der Waals surface area contributed by atoms with Gasteiger partial charge in [-0.2, -0.15) is 5.10 Å². The molecular formula is C18H25N3. The zero-order chi connectivity index (χ0) is 14.7. The molecule has 2 aromatic rings. The Morgan fingerprint density at radius 1 is 1.29 bits per heavy atom. The zero-order valence-electron chi connectivity index (χ0n) is 13.0. The number of para-hydroxylation sites is 1. The van der Waals surface area contributed by atoms with Crippen LogP contribution in [0.2, 0.25) is 0 Å². The standard InChI is InChI=1S/C18H25N3/c1-14(2)10-15-11-19-9-8-18(15)16-12-20-21(13-16)17-6-4-3-5-7-17/h3-7,12-15,18-19H,8-11H2,1-2H3. The Hall–Kier alpha value is -1.61. The smallest absolute Gasteiger partial charge is 0.0645 e. The second kappa shape index (κ2) is 6.44. The van der Waals surface area contributed by atoms with Crippen molar-refractivity contribution in [2.75, 3.05) is 13.1 Å².